The van der Waals surface area contributed by atoms with E-state index in [0.717, 1.165) is 0 Å². The molecule has 0 aromatic heterocycles. The monoisotopic (exact) mass is 147 g/mol. The highest BCUT2D eigenvalue weighted by atomic mass is 16.6. The van der Waals surface area contributed by atoms with Gasteiger partial charge in [0.2, 0.25) is 6.04 Å². The molecule has 2 N–H and O–H groups in total. The second-order valence-electron chi connectivity index (χ2n) is 2.49. The number of hydrogen-bond acceptors (Lipinski definition) is 4. The molecule has 5 nitrogen and oxygen atoms in total. The van der Waals surface area contributed by atoms with Crippen LogP contribution in [-0.4, -0.2) is 33.4 Å². The van der Waals surface area contributed by atoms with Crippen LogP contribution < -0.4 is 0 Å². The van der Waals surface area contributed by atoms with Crippen molar-refractivity contribution in [2.75, 3.05) is 0 Å². The Labute approximate surface area is 57.4 Å². The van der Waals surface area contributed by atoms with Crippen molar-refractivity contribution >= 4 is 0 Å². The van der Waals surface area contributed by atoms with Crippen LogP contribution in [0.4, 0.5) is 0 Å². The highest BCUT2D eigenvalue weighted by Gasteiger charge is 2.41. The minimum Gasteiger partial charge on any atom is -0.390 e. The van der Waals surface area contributed by atoms with E-state index < -0.39 is 23.2 Å². The minimum absolute atomic E-state index is 0.273. The normalized spacial score (nSPS) is 40.0. The lowest BCUT2D eigenvalue weighted by Crippen LogP contribution is -2.34. The summed E-state index contributed by atoms with van der Waals surface area (Å²) in [5, 5.41) is 27.9. The Kier molecular flexibility index (Phi) is 1.87. The molecule has 1 saturated carbocycles. The van der Waals surface area contributed by atoms with Gasteiger partial charge in [0.25, 0.3) is 0 Å². The molecule has 3 atom stereocenters. The van der Waals surface area contributed by atoms with Crippen molar-refractivity contribution in [2.45, 2.75) is 31.1 Å². The lowest BCUT2D eigenvalue weighted by Gasteiger charge is -2.07. The summed E-state index contributed by atoms with van der Waals surface area (Å²) in [6, 6.07) is -0.963. The first-order chi connectivity index (χ1) is 4.63. The van der Waals surface area contributed by atoms with Gasteiger partial charge in [0, 0.05) is 11.3 Å². The van der Waals surface area contributed by atoms with E-state index >= 15 is 0 Å². The molecule has 5 heteroatoms. The topological polar surface area (TPSA) is 83.6 Å². The predicted octanol–water partition coefficient (Wildman–Crippen LogP) is -0.853. The summed E-state index contributed by atoms with van der Waals surface area (Å²) in [7, 11) is 0. The van der Waals surface area contributed by atoms with Crippen molar-refractivity contribution in [3.63, 3.8) is 0 Å². The van der Waals surface area contributed by atoms with Gasteiger partial charge in [-0.3, -0.25) is 10.1 Å². The second-order valence-corrected chi connectivity index (χ2v) is 2.49. The zero-order valence-corrected chi connectivity index (χ0v) is 5.30. The Morgan fingerprint density at radius 2 is 2.00 bits per heavy atom. The van der Waals surface area contributed by atoms with Crippen molar-refractivity contribution in [3.05, 3.63) is 10.1 Å². The van der Waals surface area contributed by atoms with E-state index in [1.165, 1.54) is 0 Å². The molecule has 10 heavy (non-hydrogen) atoms. The lowest BCUT2D eigenvalue weighted by atomic mass is 10.2. The van der Waals surface area contributed by atoms with Crippen molar-refractivity contribution in [1.29, 1.82) is 0 Å². The van der Waals surface area contributed by atoms with Gasteiger partial charge < -0.3 is 10.2 Å². The molecular weight excluding hydrogens is 138 g/mol. The largest absolute Gasteiger partial charge is 0.390 e. The number of nitrogens with zero attached hydrogens (tertiary/aromatic N) is 1. The van der Waals surface area contributed by atoms with Crippen LogP contribution >= 0.6 is 0 Å². The zero-order valence-electron chi connectivity index (χ0n) is 5.30. The van der Waals surface area contributed by atoms with E-state index in [4.69, 9.17) is 10.2 Å². The summed E-state index contributed by atoms with van der Waals surface area (Å²) in [6.45, 7) is 0. The van der Waals surface area contributed by atoms with Gasteiger partial charge in [-0.1, -0.05) is 0 Å². The summed E-state index contributed by atoms with van der Waals surface area (Å²) < 4.78 is 0. The highest BCUT2D eigenvalue weighted by Crippen LogP contribution is 2.21. The van der Waals surface area contributed by atoms with Crippen LogP contribution in [-0.2, 0) is 0 Å². The molecular formula is C5H9NO4. The molecule has 3 unspecified atom stereocenters. The third-order valence-electron chi connectivity index (χ3n) is 1.82. The number of hydrogen-bond donors (Lipinski definition) is 2. The third kappa shape index (κ3) is 1.10. The first-order valence-electron chi connectivity index (χ1n) is 3.12. The molecule has 58 valence electrons. The molecule has 0 amide bonds. The van der Waals surface area contributed by atoms with Crippen LogP contribution in [0.15, 0.2) is 0 Å². The van der Waals surface area contributed by atoms with Crippen LogP contribution in [0.25, 0.3) is 0 Å². The predicted molar refractivity (Wildman–Crippen MR) is 32.0 cm³/mol. The Hall–Kier alpha value is -0.680. The van der Waals surface area contributed by atoms with E-state index in [-0.39, 0.29) is 6.42 Å². The molecule has 0 aromatic rings. The smallest absolute Gasteiger partial charge is 0.241 e. The van der Waals surface area contributed by atoms with Gasteiger partial charge in [-0.05, 0) is 6.42 Å². The molecule has 0 radical (unpaired) electrons. The van der Waals surface area contributed by atoms with Gasteiger partial charge in [0.1, 0.15) is 6.10 Å². The summed E-state index contributed by atoms with van der Waals surface area (Å²) in [5.74, 6) is 0. The molecule has 1 aliphatic carbocycles. The van der Waals surface area contributed by atoms with Gasteiger partial charge in [0.05, 0.1) is 6.10 Å². The van der Waals surface area contributed by atoms with Crippen LogP contribution in [0.3, 0.4) is 0 Å². The van der Waals surface area contributed by atoms with E-state index in [1.807, 2.05) is 0 Å². The first-order valence-corrected chi connectivity index (χ1v) is 3.12. The molecule has 1 rings (SSSR count). The number of aliphatic hydroxyl groups is 2. The van der Waals surface area contributed by atoms with Crippen LogP contribution in [0.5, 0.6) is 0 Å². The Balaban J connectivity index is 2.57. The number of aliphatic hydroxyl groups excluding tert-OH is 2. The maximum absolute atomic E-state index is 10.1. The average Bonchev–Trinajstić information content (AvgIpc) is 2.14. The standard InChI is InChI=1S/C5H9NO4/c7-4-2-1-3(5(4)8)6(9)10/h3-5,7-8H,1-2H2. The fourth-order valence-electron chi connectivity index (χ4n) is 1.17. The number of rotatable bonds is 1. The average molecular weight is 147 g/mol. The minimum atomic E-state index is -1.17. The molecule has 0 spiro atoms. The molecule has 0 aromatic carbocycles. The first kappa shape index (κ1) is 7.43. The van der Waals surface area contributed by atoms with E-state index in [0.29, 0.717) is 6.42 Å². The fraction of sp³-hybridized carbons (Fsp3) is 1.00. The van der Waals surface area contributed by atoms with Gasteiger partial charge in [-0.2, -0.15) is 0 Å². The van der Waals surface area contributed by atoms with Crippen LogP contribution in [0.1, 0.15) is 12.8 Å². The molecule has 1 aliphatic rings. The summed E-state index contributed by atoms with van der Waals surface area (Å²) >= 11 is 0. The van der Waals surface area contributed by atoms with Crippen LogP contribution in [0, 0.1) is 10.1 Å². The summed E-state index contributed by atoms with van der Waals surface area (Å²) in [6.07, 6.45) is -1.48. The van der Waals surface area contributed by atoms with Crippen LogP contribution in [0.2, 0.25) is 0 Å². The Morgan fingerprint density at radius 1 is 1.40 bits per heavy atom. The van der Waals surface area contributed by atoms with Crippen molar-refractivity contribution in [3.8, 4) is 0 Å². The Bertz CT molecular complexity index is 149. The number of nitro groups is 1. The van der Waals surface area contributed by atoms with Gasteiger partial charge in [0.15, 0.2) is 0 Å². The van der Waals surface area contributed by atoms with Crippen molar-refractivity contribution in [2.24, 2.45) is 0 Å². The lowest BCUT2D eigenvalue weighted by molar-refractivity contribution is -0.531. The van der Waals surface area contributed by atoms with E-state index in [2.05, 4.69) is 0 Å². The third-order valence-corrected chi connectivity index (χ3v) is 1.82. The molecule has 1 fully saturated rings. The SMILES string of the molecule is O=[N+]([O-])C1CCC(O)C1O. The van der Waals surface area contributed by atoms with Crippen molar-refractivity contribution in [1.82, 2.24) is 0 Å². The van der Waals surface area contributed by atoms with E-state index in [1.54, 1.807) is 0 Å². The van der Waals surface area contributed by atoms with Gasteiger partial charge in [-0.25, -0.2) is 0 Å². The maximum Gasteiger partial charge on any atom is 0.241 e. The zero-order chi connectivity index (χ0) is 7.72. The highest BCUT2D eigenvalue weighted by molar-refractivity contribution is 4.83. The molecule has 0 bridgehead atoms. The fourth-order valence-corrected chi connectivity index (χ4v) is 1.17. The molecule has 0 saturated heterocycles. The van der Waals surface area contributed by atoms with Gasteiger partial charge >= 0.3 is 0 Å². The summed E-state index contributed by atoms with van der Waals surface area (Å²) in [4.78, 5) is 9.55. The Morgan fingerprint density at radius 3 is 2.20 bits per heavy atom. The summed E-state index contributed by atoms with van der Waals surface area (Å²) in [5.41, 5.74) is 0. The molecule has 0 aliphatic heterocycles. The molecule has 0 heterocycles. The van der Waals surface area contributed by atoms with Crippen molar-refractivity contribution < 1.29 is 15.1 Å². The second kappa shape index (κ2) is 2.51. The maximum atomic E-state index is 10.1. The van der Waals surface area contributed by atoms with Gasteiger partial charge in [-0.15, -0.1) is 0 Å². The quantitative estimate of drug-likeness (QED) is 0.373. The van der Waals surface area contributed by atoms with E-state index in [9.17, 15) is 10.1 Å².